The molecule has 4 aromatic rings. The van der Waals surface area contributed by atoms with Crippen molar-refractivity contribution in [2.75, 3.05) is 22.5 Å². The Hall–Kier alpha value is -4.95. The molecule has 0 saturated carbocycles. The number of benzene rings is 3. The fourth-order valence-corrected chi connectivity index (χ4v) is 5.89. The second-order valence-electron chi connectivity index (χ2n) is 10.7. The van der Waals surface area contributed by atoms with Crippen LogP contribution >= 0.6 is 11.3 Å². The Balaban J connectivity index is 1.38. The number of carbonyl (C=O) groups excluding carboxylic acids is 2. The molecule has 46 heavy (non-hydrogen) atoms. The third-order valence-electron chi connectivity index (χ3n) is 7.46. The molecule has 14 heteroatoms. The first kappa shape index (κ1) is 32.4. The quantitative estimate of drug-likeness (QED) is 0.133. The van der Waals surface area contributed by atoms with E-state index in [1.165, 1.54) is 28.7 Å². The Bertz CT molecular complexity index is 1790. The maximum atomic E-state index is 13.7. The van der Waals surface area contributed by atoms with E-state index in [1.807, 2.05) is 24.3 Å². The summed E-state index contributed by atoms with van der Waals surface area (Å²) in [5.41, 5.74) is 7.93. The largest absolute Gasteiger partial charge is 0.479 e. The van der Waals surface area contributed by atoms with Crippen molar-refractivity contribution in [1.29, 1.82) is 0 Å². The molecule has 10 nitrogen and oxygen atoms in total. The van der Waals surface area contributed by atoms with Crippen molar-refractivity contribution in [3.8, 4) is 0 Å². The van der Waals surface area contributed by atoms with Crippen LogP contribution in [0.2, 0.25) is 0 Å². The van der Waals surface area contributed by atoms with Gasteiger partial charge in [0.25, 0.3) is 5.91 Å². The number of aromatic nitrogens is 1. The molecule has 1 aliphatic rings. The Morgan fingerprint density at radius 1 is 1.04 bits per heavy atom. The van der Waals surface area contributed by atoms with Crippen molar-refractivity contribution >= 4 is 61.5 Å². The van der Waals surface area contributed by atoms with Gasteiger partial charge in [-0.1, -0.05) is 41.7 Å². The van der Waals surface area contributed by atoms with Crippen molar-refractivity contribution in [3.05, 3.63) is 89.0 Å². The Morgan fingerprint density at radius 2 is 1.76 bits per heavy atom. The zero-order valence-electron chi connectivity index (χ0n) is 24.3. The van der Waals surface area contributed by atoms with Gasteiger partial charge in [0, 0.05) is 16.9 Å². The lowest BCUT2D eigenvalue weighted by Gasteiger charge is -2.24. The average molecular weight is 654 g/mol. The van der Waals surface area contributed by atoms with Crippen molar-refractivity contribution < 1.29 is 37.8 Å². The number of fused-ring (bicyclic) bond motifs is 1. The predicted octanol–water partition coefficient (Wildman–Crippen LogP) is 6.27. The number of aliphatic hydroxyl groups is 1. The summed E-state index contributed by atoms with van der Waals surface area (Å²) in [4.78, 5) is 42.5. The number of nitrogens with one attached hydrogen (secondary N) is 2. The standard InChI is InChI=1S/C32H30F3N5O5S/c33-32(34,35)23-14-25-27(15-24(23)36)46-30(38-25)39-31(45)40(22-12-10-20(11-13-22)19-4-2-1-3-5-19)17-18-6-8-21(9-7-18)28(42)37-16-26(41)29(43)44/h4,6-15,26,41H,1-3,5,16-17,36H2,(H,37,42)(H,43,44)(H,38,39,45)/t26-/m1/s1. The molecule has 3 aromatic carbocycles. The number of carbonyl (C=O) groups is 3. The van der Waals surface area contributed by atoms with E-state index in [2.05, 4.69) is 21.7 Å². The third-order valence-corrected chi connectivity index (χ3v) is 8.40. The van der Waals surface area contributed by atoms with E-state index in [0.29, 0.717) is 16.0 Å². The molecule has 1 heterocycles. The summed E-state index contributed by atoms with van der Waals surface area (Å²) in [6.07, 6.45) is 0.0561. The summed E-state index contributed by atoms with van der Waals surface area (Å²) in [6.45, 7) is -0.407. The van der Waals surface area contributed by atoms with Crippen molar-refractivity contribution in [3.63, 3.8) is 0 Å². The van der Waals surface area contributed by atoms with Crippen LogP contribution in [-0.2, 0) is 17.5 Å². The van der Waals surface area contributed by atoms with Crippen LogP contribution < -0.4 is 21.3 Å². The van der Waals surface area contributed by atoms with Crippen LogP contribution in [0.5, 0.6) is 0 Å². The number of halogens is 3. The van der Waals surface area contributed by atoms with E-state index in [-0.39, 0.29) is 22.8 Å². The summed E-state index contributed by atoms with van der Waals surface area (Å²) >= 11 is 0.989. The van der Waals surface area contributed by atoms with Gasteiger partial charge in [0.2, 0.25) is 0 Å². The minimum atomic E-state index is -4.65. The van der Waals surface area contributed by atoms with E-state index in [1.54, 1.807) is 12.1 Å². The van der Waals surface area contributed by atoms with Gasteiger partial charge in [-0.05, 0) is 78.8 Å². The number of aliphatic carboxylic acids is 1. The molecule has 0 fully saturated rings. The van der Waals surface area contributed by atoms with Gasteiger partial charge in [0.15, 0.2) is 11.2 Å². The van der Waals surface area contributed by atoms with Gasteiger partial charge in [-0.15, -0.1) is 0 Å². The average Bonchev–Trinajstić information content (AvgIpc) is 3.43. The highest BCUT2D eigenvalue weighted by Gasteiger charge is 2.33. The number of nitrogens with two attached hydrogens (primary N) is 1. The number of carboxylic acid groups (broad SMARTS) is 1. The number of amides is 3. The number of anilines is 3. The van der Waals surface area contributed by atoms with Crippen LogP contribution in [0.3, 0.4) is 0 Å². The normalized spacial score (nSPS) is 14.0. The van der Waals surface area contributed by atoms with E-state index in [0.717, 1.165) is 48.6 Å². The number of alkyl halides is 3. The molecule has 1 aromatic heterocycles. The third kappa shape index (κ3) is 7.64. The highest BCUT2D eigenvalue weighted by Crippen LogP contribution is 2.38. The SMILES string of the molecule is Nc1cc2sc(NC(=O)N(Cc3ccc(C(=O)NC[C@@H](O)C(=O)O)cc3)c3ccc(C4=CCCCC4)cc3)nc2cc1C(F)(F)F. The molecule has 0 aliphatic heterocycles. The van der Waals surface area contributed by atoms with Gasteiger partial charge in [0.05, 0.1) is 28.9 Å². The van der Waals surface area contributed by atoms with Crippen LogP contribution in [0.1, 0.15) is 52.7 Å². The maximum absolute atomic E-state index is 13.7. The number of allylic oxidation sites excluding steroid dienone is 2. The number of thiazole rings is 1. The zero-order chi connectivity index (χ0) is 33.0. The van der Waals surface area contributed by atoms with Crippen LogP contribution in [0.4, 0.5) is 34.5 Å². The maximum Gasteiger partial charge on any atom is 0.418 e. The van der Waals surface area contributed by atoms with E-state index in [4.69, 9.17) is 10.8 Å². The molecule has 1 aliphatic carbocycles. The van der Waals surface area contributed by atoms with E-state index in [9.17, 15) is 32.7 Å². The van der Waals surface area contributed by atoms with E-state index < -0.39 is 48.0 Å². The number of hydrogen-bond acceptors (Lipinski definition) is 7. The molecular weight excluding hydrogens is 623 g/mol. The Kier molecular flexibility index (Phi) is 9.58. The number of urea groups is 1. The monoisotopic (exact) mass is 653 g/mol. The first-order chi connectivity index (χ1) is 21.9. The molecule has 0 unspecified atom stereocenters. The van der Waals surface area contributed by atoms with E-state index >= 15 is 0 Å². The number of aliphatic hydroxyl groups excluding tert-OH is 1. The number of hydrogen-bond donors (Lipinski definition) is 5. The molecule has 0 radical (unpaired) electrons. The second kappa shape index (κ2) is 13.6. The summed E-state index contributed by atoms with van der Waals surface area (Å²) in [7, 11) is 0. The van der Waals surface area contributed by atoms with Gasteiger partial charge in [-0.3, -0.25) is 15.0 Å². The lowest BCUT2D eigenvalue weighted by atomic mass is 9.93. The van der Waals surface area contributed by atoms with Gasteiger partial charge in [0.1, 0.15) is 0 Å². The van der Waals surface area contributed by atoms with Crippen LogP contribution in [-0.4, -0.2) is 45.8 Å². The smallest absolute Gasteiger partial charge is 0.418 e. The first-order valence-corrected chi connectivity index (χ1v) is 15.1. The molecule has 0 bridgehead atoms. The Morgan fingerprint density at radius 3 is 2.39 bits per heavy atom. The molecule has 6 N–H and O–H groups in total. The summed E-state index contributed by atoms with van der Waals surface area (Å²) in [5.74, 6) is -2.04. The van der Waals surface area contributed by atoms with Crippen molar-refractivity contribution in [2.24, 2.45) is 0 Å². The summed E-state index contributed by atoms with van der Waals surface area (Å²) < 4.78 is 40.5. The molecule has 1 atom stereocenters. The van der Waals surface area contributed by atoms with Crippen LogP contribution in [0.15, 0.2) is 66.7 Å². The minimum absolute atomic E-state index is 0.0447. The number of carboxylic acids is 1. The molecule has 5 rings (SSSR count). The van der Waals surface area contributed by atoms with Crippen LogP contribution in [0.25, 0.3) is 15.8 Å². The molecular formula is C32H30F3N5O5S. The minimum Gasteiger partial charge on any atom is -0.479 e. The number of nitrogen functional groups attached to an aromatic ring is 1. The predicted molar refractivity (Wildman–Crippen MR) is 170 cm³/mol. The number of nitrogens with zero attached hydrogens (tertiary/aromatic N) is 2. The van der Waals surface area contributed by atoms with Gasteiger partial charge in [-0.25, -0.2) is 14.6 Å². The summed E-state index contributed by atoms with van der Waals surface area (Å²) in [6, 6.07) is 15.2. The zero-order valence-corrected chi connectivity index (χ0v) is 25.1. The highest BCUT2D eigenvalue weighted by molar-refractivity contribution is 7.22. The summed E-state index contributed by atoms with van der Waals surface area (Å²) in [5, 5.41) is 23.3. The molecule has 0 spiro atoms. The molecule has 3 amide bonds. The molecule has 0 saturated heterocycles. The first-order valence-electron chi connectivity index (χ1n) is 14.3. The fourth-order valence-electron chi connectivity index (χ4n) is 5.01. The van der Waals surface area contributed by atoms with Gasteiger partial charge < -0.3 is 21.3 Å². The van der Waals surface area contributed by atoms with Crippen molar-refractivity contribution in [2.45, 2.75) is 44.5 Å². The van der Waals surface area contributed by atoms with Gasteiger partial charge >= 0.3 is 18.2 Å². The lowest BCUT2D eigenvalue weighted by Crippen LogP contribution is -2.36. The van der Waals surface area contributed by atoms with Gasteiger partial charge in [-0.2, -0.15) is 13.2 Å². The topological polar surface area (TPSA) is 158 Å². The Labute approximate surface area is 265 Å². The highest BCUT2D eigenvalue weighted by atomic mass is 32.1. The number of rotatable bonds is 9. The second-order valence-corrected chi connectivity index (χ2v) is 11.8. The fraction of sp³-hybridized carbons (Fsp3) is 0.250. The lowest BCUT2D eigenvalue weighted by molar-refractivity contribution is -0.146. The van der Waals surface area contributed by atoms with Crippen molar-refractivity contribution in [1.82, 2.24) is 10.3 Å². The molecule has 240 valence electrons. The van der Waals surface area contributed by atoms with Crippen LogP contribution in [0, 0.1) is 0 Å².